The fourth-order valence-electron chi connectivity index (χ4n) is 1.54. The summed E-state index contributed by atoms with van der Waals surface area (Å²) in [5.41, 5.74) is 0.554. The van der Waals surface area contributed by atoms with Crippen molar-refractivity contribution in [1.82, 2.24) is 9.78 Å². The molecule has 100 valence electrons. The van der Waals surface area contributed by atoms with E-state index in [1.807, 2.05) is 24.3 Å². The van der Waals surface area contributed by atoms with Crippen LogP contribution in [0.5, 0.6) is 5.75 Å². The van der Waals surface area contributed by atoms with Crippen LogP contribution in [0.3, 0.4) is 0 Å². The number of nitrogens with one attached hydrogen (secondary N) is 1. The van der Waals surface area contributed by atoms with Crippen LogP contribution in [0.25, 0.3) is 0 Å². The summed E-state index contributed by atoms with van der Waals surface area (Å²) in [6.45, 7) is 0.803. The SMILES string of the molecule is CNc1cnn(CCOc2cccc(Br)c2)c(=O)c1. The van der Waals surface area contributed by atoms with Gasteiger partial charge in [-0.25, -0.2) is 4.68 Å². The lowest BCUT2D eigenvalue weighted by molar-refractivity contribution is 0.287. The first-order valence-electron chi connectivity index (χ1n) is 5.82. The minimum Gasteiger partial charge on any atom is -0.492 e. The number of ether oxygens (including phenoxy) is 1. The Bertz CT molecular complexity index is 613. The Kier molecular flexibility index (Phi) is 4.57. The molecule has 0 saturated heterocycles. The fourth-order valence-corrected chi connectivity index (χ4v) is 1.92. The molecule has 0 aliphatic rings. The predicted molar refractivity (Wildman–Crippen MR) is 77.7 cm³/mol. The zero-order chi connectivity index (χ0) is 13.7. The Morgan fingerprint density at radius 1 is 1.42 bits per heavy atom. The Labute approximate surface area is 119 Å². The van der Waals surface area contributed by atoms with Crippen LogP contribution in [0.1, 0.15) is 0 Å². The van der Waals surface area contributed by atoms with Crippen molar-refractivity contribution >= 4 is 21.6 Å². The van der Waals surface area contributed by atoms with Crippen LogP contribution in [-0.4, -0.2) is 23.4 Å². The van der Waals surface area contributed by atoms with Gasteiger partial charge >= 0.3 is 0 Å². The Morgan fingerprint density at radius 3 is 2.95 bits per heavy atom. The van der Waals surface area contributed by atoms with E-state index in [0.717, 1.165) is 10.2 Å². The number of nitrogens with zero attached hydrogens (tertiary/aromatic N) is 2. The molecule has 1 heterocycles. The van der Waals surface area contributed by atoms with E-state index in [-0.39, 0.29) is 5.56 Å². The van der Waals surface area contributed by atoms with Gasteiger partial charge in [-0.15, -0.1) is 0 Å². The Morgan fingerprint density at radius 2 is 2.26 bits per heavy atom. The van der Waals surface area contributed by atoms with Gasteiger partial charge in [0.05, 0.1) is 18.4 Å². The van der Waals surface area contributed by atoms with E-state index in [4.69, 9.17) is 4.74 Å². The summed E-state index contributed by atoms with van der Waals surface area (Å²) in [6, 6.07) is 9.07. The first-order chi connectivity index (χ1) is 9.19. The monoisotopic (exact) mass is 323 g/mol. The van der Waals surface area contributed by atoms with E-state index in [9.17, 15) is 4.79 Å². The molecule has 0 amide bonds. The number of aromatic nitrogens is 2. The summed E-state index contributed by atoms with van der Waals surface area (Å²) >= 11 is 3.37. The van der Waals surface area contributed by atoms with Gasteiger partial charge in [-0.3, -0.25) is 4.79 Å². The highest BCUT2D eigenvalue weighted by Crippen LogP contribution is 2.17. The van der Waals surface area contributed by atoms with Crippen LogP contribution in [0.2, 0.25) is 0 Å². The van der Waals surface area contributed by atoms with Crippen LogP contribution in [-0.2, 0) is 6.54 Å². The first-order valence-corrected chi connectivity index (χ1v) is 6.61. The molecule has 6 heteroatoms. The van der Waals surface area contributed by atoms with Gasteiger partial charge < -0.3 is 10.1 Å². The lowest BCUT2D eigenvalue weighted by Gasteiger charge is -2.08. The average molecular weight is 324 g/mol. The van der Waals surface area contributed by atoms with Crippen molar-refractivity contribution < 1.29 is 4.74 Å². The second-order valence-corrected chi connectivity index (χ2v) is 4.78. The third-order valence-electron chi connectivity index (χ3n) is 2.53. The zero-order valence-corrected chi connectivity index (χ0v) is 12.1. The lowest BCUT2D eigenvalue weighted by atomic mass is 10.3. The quantitative estimate of drug-likeness (QED) is 0.915. The van der Waals surface area contributed by atoms with Crippen molar-refractivity contribution in [1.29, 1.82) is 0 Å². The Hall–Kier alpha value is -1.82. The maximum Gasteiger partial charge on any atom is 0.268 e. The third-order valence-corrected chi connectivity index (χ3v) is 3.02. The topological polar surface area (TPSA) is 56.1 Å². The van der Waals surface area contributed by atoms with Crippen molar-refractivity contribution in [2.75, 3.05) is 19.0 Å². The lowest BCUT2D eigenvalue weighted by Crippen LogP contribution is -2.25. The molecule has 1 N–H and O–H groups in total. The van der Waals surface area contributed by atoms with Crippen molar-refractivity contribution in [3.8, 4) is 5.75 Å². The van der Waals surface area contributed by atoms with Gasteiger partial charge in [0.2, 0.25) is 0 Å². The summed E-state index contributed by atoms with van der Waals surface area (Å²) in [7, 11) is 1.75. The maximum absolute atomic E-state index is 11.7. The number of hydrogen-bond donors (Lipinski definition) is 1. The average Bonchev–Trinajstić information content (AvgIpc) is 2.40. The van der Waals surface area contributed by atoms with Gasteiger partial charge in [0.25, 0.3) is 5.56 Å². The predicted octanol–water partition coefficient (Wildman–Crippen LogP) is 2.13. The maximum atomic E-state index is 11.7. The van der Waals surface area contributed by atoms with Crippen molar-refractivity contribution in [3.63, 3.8) is 0 Å². The number of hydrogen-bond acceptors (Lipinski definition) is 4. The molecule has 0 atom stereocenters. The molecular formula is C13H14BrN3O2. The van der Waals surface area contributed by atoms with Crippen molar-refractivity contribution in [2.24, 2.45) is 0 Å². The van der Waals surface area contributed by atoms with Gasteiger partial charge in [-0.2, -0.15) is 5.10 Å². The minimum atomic E-state index is -0.148. The van der Waals surface area contributed by atoms with E-state index < -0.39 is 0 Å². The molecule has 0 spiro atoms. The molecule has 0 aliphatic heterocycles. The van der Waals surface area contributed by atoms with Crippen LogP contribution in [0.4, 0.5) is 5.69 Å². The molecule has 2 rings (SSSR count). The standard InChI is InChI=1S/C13H14BrN3O2/c1-15-11-8-13(18)17(16-9-11)5-6-19-12-4-2-3-10(14)7-12/h2-4,7-9,15H,5-6H2,1H3. The molecule has 19 heavy (non-hydrogen) atoms. The molecular weight excluding hydrogens is 310 g/mol. The highest BCUT2D eigenvalue weighted by Gasteiger charge is 2.00. The van der Waals surface area contributed by atoms with Gasteiger partial charge in [0.1, 0.15) is 12.4 Å². The van der Waals surface area contributed by atoms with E-state index >= 15 is 0 Å². The Balaban J connectivity index is 1.94. The van der Waals surface area contributed by atoms with Gasteiger partial charge in [0, 0.05) is 17.6 Å². The van der Waals surface area contributed by atoms with Gasteiger partial charge in [0.15, 0.2) is 0 Å². The molecule has 0 radical (unpaired) electrons. The van der Waals surface area contributed by atoms with Crippen LogP contribution < -0.4 is 15.6 Å². The molecule has 1 aromatic carbocycles. The molecule has 2 aromatic rings. The number of anilines is 1. The van der Waals surface area contributed by atoms with Gasteiger partial charge in [-0.05, 0) is 18.2 Å². The highest BCUT2D eigenvalue weighted by atomic mass is 79.9. The smallest absolute Gasteiger partial charge is 0.268 e. The fraction of sp³-hybridized carbons (Fsp3) is 0.231. The van der Waals surface area contributed by atoms with E-state index in [1.165, 1.54) is 10.7 Å². The molecule has 0 saturated carbocycles. The summed E-state index contributed by atoms with van der Waals surface area (Å²) in [5.74, 6) is 0.759. The summed E-state index contributed by atoms with van der Waals surface area (Å²) in [6.07, 6.45) is 1.61. The third kappa shape index (κ3) is 3.82. The van der Waals surface area contributed by atoms with E-state index in [2.05, 4.69) is 26.3 Å². The zero-order valence-electron chi connectivity index (χ0n) is 10.5. The summed E-state index contributed by atoms with van der Waals surface area (Å²) in [4.78, 5) is 11.7. The first kappa shape index (κ1) is 13.6. The second kappa shape index (κ2) is 6.38. The number of benzene rings is 1. The second-order valence-electron chi connectivity index (χ2n) is 3.86. The molecule has 0 aliphatic carbocycles. The number of halogens is 1. The van der Waals surface area contributed by atoms with Gasteiger partial charge in [-0.1, -0.05) is 22.0 Å². The molecule has 0 unspecified atom stereocenters. The van der Waals surface area contributed by atoms with Crippen LogP contribution in [0, 0.1) is 0 Å². The highest BCUT2D eigenvalue weighted by molar-refractivity contribution is 9.10. The summed E-state index contributed by atoms with van der Waals surface area (Å²) < 4.78 is 7.89. The van der Waals surface area contributed by atoms with E-state index in [0.29, 0.717) is 18.8 Å². The molecule has 5 nitrogen and oxygen atoms in total. The van der Waals surface area contributed by atoms with Crippen molar-refractivity contribution in [2.45, 2.75) is 6.54 Å². The van der Waals surface area contributed by atoms with Crippen molar-refractivity contribution in [3.05, 3.63) is 51.4 Å². The van der Waals surface area contributed by atoms with Crippen LogP contribution >= 0.6 is 15.9 Å². The molecule has 0 bridgehead atoms. The molecule has 1 aromatic heterocycles. The minimum absolute atomic E-state index is 0.148. The van der Waals surface area contributed by atoms with Crippen LogP contribution in [0.15, 0.2) is 45.8 Å². The normalized spacial score (nSPS) is 10.2. The molecule has 0 fully saturated rings. The van der Waals surface area contributed by atoms with E-state index in [1.54, 1.807) is 13.2 Å². The summed E-state index contributed by atoms with van der Waals surface area (Å²) in [5, 5.41) is 6.92. The largest absolute Gasteiger partial charge is 0.492 e. The number of rotatable bonds is 5.